The van der Waals surface area contributed by atoms with E-state index in [-0.39, 0.29) is 12.3 Å². The van der Waals surface area contributed by atoms with Crippen LogP contribution in [0.2, 0.25) is 5.02 Å². The van der Waals surface area contributed by atoms with Gasteiger partial charge in [-0.2, -0.15) is 0 Å². The number of hydrogen-bond donors (Lipinski definition) is 3. The number of hydrogen-bond acceptors (Lipinski definition) is 2. The molecule has 3 amide bonds. The Morgan fingerprint density at radius 1 is 1.04 bits per heavy atom. The van der Waals surface area contributed by atoms with Crippen molar-refractivity contribution in [3.05, 3.63) is 70.7 Å². The van der Waals surface area contributed by atoms with E-state index < -0.39 is 12.1 Å². The number of carbonyl (C=O) groups excluding carboxylic acids is 2. The van der Waals surface area contributed by atoms with E-state index >= 15 is 0 Å². The molecule has 5 nitrogen and oxygen atoms in total. The monoisotopic (exact) mass is 331 g/mol. The van der Waals surface area contributed by atoms with Crippen LogP contribution in [0.3, 0.4) is 0 Å². The zero-order valence-corrected chi connectivity index (χ0v) is 13.2. The molecule has 4 N–H and O–H groups in total. The van der Waals surface area contributed by atoms with E-state index in [1.807, 2.05) is 30.3 Å². The van der Waals surface area contributed by atoms with Crippen molar-refractivity contribution in [1.82, 2.24) is 10.6 Å². The van der Waals surface area contributed by atoms with Gasteiger partial charge in [-0.1, -0.05) is 54.1 Å². The van der Waals surface area contributed by atoms with Gasteiger partial charge in [-0.3, -0.25) is 4.79 Å². The number of halogens is 1. The molecule has 2 aromatic rings. The Balaban J connectivity index is 1.98. The van der Waals surface area contributed by atoms with Gasteiger partial charge in [-0.15, -0.1) is 0 Å². The largest absolute Gasteiger partial charge is 0.352 e. The molecule has 0 unspecified atom stereocenters. The number of urea groups is 1. The first-order valence-corrected chi connectivity index (χ1v) is 7.54. The normalized spacial score (nSPS) is 11.5. The molecule has 2 rings (SSSR count). The van der Waals surface area contributed by atoms with E-state index in [4.69, 9.17) is 17.3 Å². The molecule has 0 fully saturated rings. The molecule has 2 aromatic carbocycles. The molecule has 1 atom stereocenters. The third-order valence-corrected chi connectivity index (χ3v) is 3.56. The van der Waals surface area contributed by atoms with Gasteiger partial charge >= 0.3 is 6.03 Å². The molecular weight excluding hydrogens is 314 g/mol. The average Bonchev–Trinajstić information content (AvgIpc) is 2.53. The number of rotatable bonds is 6. The van der Waals surface area contributed by atoms with Gasteiger partial charge in [0.15, 0.2) is 0 Å². The third kappa shape index (κ3) is 5.64. The molecule has 0 aliphatic rings. The van der Waals surface area contributed by atoms with Crippen LogP contribution >= 0.6 is 11.6 Å². The molecule has 0 aliphatic heterocycles. The molecule has 0 heterocycles. The molecule has 0 bridgehead atoms. The lowest BCUT2D eigenvalue weighted by Gasteiger charge is -2.18. The van der Waals surface area contributed by atoms with Crippen LogP contribution in [0.4, 0.5) is 4.79 Å². The molecule has 23 heavy (non-hydrogen) atoms. The molecule has 0 aliphatic carbocycles. The molecule has 6 heteroatoms. The standard InChI is InChI=1S/C17H18ClN3O2/c18-14-8-6-13(7-9-14)15(21-17(19)23)10-16(22)20-11-12-4-2-1-3-5-12/h1-9,15H,10-11H2,(H,20,22)(H3,19,21,23)/t15-/m0/s1. The van der Waals surface area contributed by atoms with Crippen molar-refractivity contribution >= 4 is 23.5 Å². The fourth-order valence-electron chi connectivity index (χ4n) is 2.17. The maximum absolute atomic E-state index is 12.1. The fraction of sp³-hybridized carbons (Fsp3) is 0.176. The quantitative estimate of drug-likeness (QED) is 0.760. The number of carbonyl (C=O) groups is 2. The Morgan fingerprint density at radius 3 is 2.30 bits per heavy atom. The van der Waals surface area contributed by atoms with Gasteiger partial charge in [0.25, 0.3) is 0 Å². The molecule has 0 spiro atoms. The van der Waals surface area contributed by atoms with E-state index in [1.54, 1.807) is 24.3 Å². The molecule has 0 radical (unpaired) electrons. The molecule has 0 aromatic heterocycles. The van der Waals surface area contributed by atoms with Crippen molar-refractivity contribution in [3.8, 4) is 0 Å². The lowest BCUT2D eigenvalue weighted by molar-refractivity contribution is -0.121. The summed E-state index contributed by atoms with van der Waals surface area (Å²) in [6.07, 6.45) is 0.0946. The third-order valence-electron chi connectivity index (χ3n) is 3.31. The highest BCUT2D eigenvalue weighted by molar-refractivity contribution is 6.30. The second-order valence-corrected chi connectivity index (χ2v) is 5.52. The van der Waals surface area contributed by atoms with E-state index in [2.05, 4.69) is 10.6 Å². The van der Waals surface area contributed by atoms with Crippen LogP contribution in [0.15, 0.2) is 54.6 Å². The molecular formula is C17H18ClN3O2. The summed E-state index contributed by atoms with van der Waals surface area (Å²) in [5.41, 5.74) is 6.97. The number of benzene rings is 2. The van der Waals surface area contributed by atoms with E-state index in [0.29, 0.717) is 11.6 Å². The SMILES string of the molecule is NC(=O)N[C@@H](CC(=O)NCc1ccccc1)c1ccc(Cl)cc1. The maximum Gasteiger partial charge on any atom is 0.312 e. The van der Waals surface area contributed by atoms with Crippen molar-refractivity contribution in [3.63, 3.8) is 0 Å². The van der Waals surface area contributed by atoms with Crippen molar-refractivity contribution in [2.75, 3.05) is 0 Å². The fourth-order valence-corrected chi connectivity index (χ4v) is 2.30. The first-order valence-electron chi connectivity index (χ1n) is 7.16. The lowest BCUT2D eigenvalue weighted by Crippen LogP contribution is -2.36. The summed E-state index contributed by atoms with van der Waals surface area (Å²) in [6.45, 7) is 0.434. The number of nitrogens with two attached hydrogens (primary N) is 1. The lowest BCUT2D eigenvalue weighted by atomic mass is 10.0. The zero-order chi connectivity index (χ0) is 16.7. The minimum Gasteiger partial charge on any atom is -0.352 e. The number of amides is 3. The number of nitrogens with one attached hydrogen (secondary N) is 2. The summed E-state index contributed by atoms with van der Waals surface area (Å²) in [7, 11) is 0. The number of primary amides is 1. The molecule has 120 valence electrons. The molecule has 0 saturated heterocycles. The van der Waals surface area contributed by atoms with Gasteiger partial charge in [0.05, 0.1) is 12.5 Å². The van der Waals surface area contributed by atoms with Crippen LogP contribution in [-0.4, -0.2) is 11.9 Å². The zero-order valence-electron chi connectivity index (χ0n) is 12.5. The van der Waals surface area contributed by atoms with Gasteiger partial charge in [0.1, 0.15) is 0 Å². The van der Waals surface area contributed by atoms with Crippen LogP contribution in [0.25, 0.3) is 0 Å². The topological polar surface area (TPSA) is 84.2 Å². The first kappa shape index (κ1) is 16.8. The van der Waals surface area contributed by atoms with Crippen LogP contribution in [0.5, 0.6) is 0 Å². The van der Waals surface area contributed by atoms with Gasteiger partial charge < -0.3 is 16.4 Å². The predicted molar refractivity (Wildman–Crippen MR) is 89.8 cm³/mol. The van der Waals surface area contributed by atoms with Gasteiger partial charge in [0, 0.05) is 11.6 Å². The highest BCUT2D eigenvalue weighted by Crippen LogP contribution is 2.19. The summed E-state index contributed by atoms with van der Waals surface area (Å²) >= 11 is 5.85. The summed E-state index contributed by atoms with van der Waals surface area (Å²) in [6, 6.07) is 15.3. The minimum atomic E-state index is -0.680. The van der Waals surface area contributed by atoms with E-state index in [1.165, 1.54) is 0 Å². The van der Waals surface area contributed by atoms with Crippen molar-refractivity contribution in [1.29, 1.82) is 0 Å². The highest BCUT2D eigenvalue weighted by Gasteiger charge is 2.17. The smallest absolute Gasteiger partial charge is 0.312 e. The van der Waals surface area contributed by atoms with Crippen LogP contribution < -0.4 is 16.4 Å². The van der Waals surface area contributed by atoms with Crippen LogP contribution in [-0.2, 0) is 11.3 Å². The van der Waals surface area contributed by atoms with Crippen molar-refractivity contribution in [2.45, 2.75) is 19.0 Å². The van der Waals surface area contributed by atoms with Crippen LogP contribution in [0.1, 0.15) is 23.6 Å². The Bertz CT molecular complexity index is 659. The van der Waals surface area contributed by atoms with E-state index in [9.17, 15) is 9.59 Å². The summed E-state index contributed by atoms with van der Waals surface area (Å²) in [4.78, 5) is 23.3. The van der Waals surface area contributed by atoms with Crippen molar-refractivity contribution in [2.24, 2.45) is 5.73 Å². The van der Waals surface area contributed by atoms with Crippen LogP contribution in [0, 0.1) is 0 Å². The Labute approximate surface area is 139 Å². The minimum absolute atomic E-state index is 0.0946. The second kappa shape index (κ2) is 8.19. The second-order valence-electron chi connectivity index (χ2n) is 5.08. The van der Waals surface area contributed by atoms with E-state index in [0.717, 1.165) is 11.1 Å². The Hall–Kier alpha value is -2.53. The Morgan fingerprint density at radius 2 is 1.70 bits per heavy atom. The predicted octanol–water partition coefficient (Wildman–Crippen LogP) is 2.76. The van der Waals surface area contributed by atoms with Gasteiger partial charge in [-0.25, -0.2) is 4.79 Å². The molecule has 0 saturated carbocycles. The van der Waals surface area contributed by atoms with Crippen molar-refractivity contribution < 1.29 is 9.59 Å². The van der Waals surface area contributed by atoms with Gasteiger partial charge in [-0.05, 0) is 23.3 Å². The summed E-state index contributed by atoms with van der Waals surface area (Å²) in [5.74, 6) is -0.178. The summed E-state index contributed by atoms with van der Waals surface area (Å²) < 4.78 is 0. The highest BCUT2D eigenvalue weighted by atomic mass is 35.5. The average molecular weight is 332 g/mol. The Kier molecular flexibility index (Phi) is 6.00. The maximum atomic E-state index is 12.1. The van der Waals surface area contributed by atoms with Gasteiger partial charge in [0.2, 0.25) is 5.91 Å². The summed E-state index contributed by atoms with van der Waals surface area (Å²) in [5, 5.41) is 5.99. The first-order chi connectivity index (χ1) is 11.0.